The SMILES string of the molecule is CC(C)(C)c1ccc(-c2ccc3c(c2)N(c2ccccn2)c2cc(Sc4cccc(N5CN(c6ccccc6C(C)(C)C)c6ccccc65)c4)ccc2-c2ccccc2-3)cc1. The lowest BCUT2D eigenvalue weighted by Gasteiger charge is -2.29. The van der Waals surface area contributed by atoms with Gasteiger partial charge in [0, 0.05) is 38.5 Å². The molecule has 0 amide bonds. The van der Waals surface area contributed by atoms with Gasteiger partial charge in [0.2, 0.25) is 0 Å². The van der Waals surface area contributed by atoms with Gasteiger partial charge in [-0.25, -0.2) is 4.98 Å². The zero-order valence-corrected chi connectivity index (χ0v) is 36.5. The molecule has 0 radical (unpaired) electrons. The second kappa shape index (κ2) is 15.2. The van der Waals surface area contributed by atoms with E-state index in [9.17, 15) is 0 Å². The molecule has 4 nitrogen and oxygen atoms in total. The minimum atomic E-state index is 0.0143. The summed E-state index contributed by atoms with van der Waals surface area (Å²) >= 11 is 1.80. The number of nitrogens with zero attached hydrogens (tertiary/aromatic N) is 4. The zero-order chi connectivity index (χ0) is 41.9. The normalized spacial score (nSPS) is 13.3. The molecular weight excluding hydrogens is 761 g/mol. The third-order valence-electron chi connectivity index (χ3n) is 12.0. The van der Waals surface area contributed by atoms with Crippen LogP contribution in [-0.4, -0.2) is 11.7 Å². The number of benzene rings is 7. The van der Waals surface area contributed by atoms with Gasteiger partial charge in [-0.15, -0.1) is 0 Å². The monoisotopic (exact) mass is 810 g/mol. The number of para-hydroxylation sites is 3. The molecule has 0 N–H and O–H groups in total. The van der Waals surface area contributed by atoms with E-state index in [1.54, 1.807) is 11.8 Å². The Hall–Kier alpha value is -6.56. The van der Waals surface area contributed by atoms with Gasteiger partial charge in [-0.2, -0.15) is 0 Å². The lowest BCUT2D eigenvalue weighted by Crippen LogP contribution is -2.26. The number of hydrogen-bond donors (Lipinski definition) is 0. The van der Waals surface area contributed by atoms with Crippen LogP contribution in [-0.2, 0) is 10.8 Å². The van der Waals surface area contributed by atoms with Crippen molar-refractivity contribution in [1.29, 1.82) is 0 Å². The lowest BCUT2D eigenvalue weighted by molar-refractivity contribution is 0.590. The highest BCUT2D eigenvalue weighted by atomic mass is 32.2. The predicted octanol–water partition coefficient (Wildman–Crippen LogP) is 15.9. The Morgan fingerprint density at radius 3 is 1.74 bits per heavy atom. The van der Waals surface area contributed by atoms with Gasteiger partial charge in [-0.1, -0.05) is 162 Å². The van der Waals surface area contributed by atoms with E-state index >= 15 is 0 Å². The molecular formula is C56H50N4S. The maximum Gasteiger partial charge on any atom is 0.137 e. The van der Waals surface area contributed by atoms with Crippen LogP contribution in [0.1, 0.15) is 52.7 Å². The topological polar surface area (TPSA) is 22.6 Å². The van der Waals surface area contributed by atoms with Crippen molar-refractivity contribution in [3.8, 4) is 33.4 Å². The predicted molar refractivity (Wildman–Crippen MR) is 259 cm³/mol. The summed E-state index contributed by atoms with van der Waals surface area (Å²) in [6, 6.07) is 64.6. The van der Waals surface area contributed by atoms with E-state index in [0.29, 0.717) is 0 Å². The highest BCUT2D eigenvalue weighted by molar-refractivity contribution is 7.99. The highest BCUT2D eigenvalue weighted by Gasteiger charge is 2.32. The van der Waals surface area contributed by atoms with E-state index in [2.05, 4.69) is 226 Å². The third-order valence-corrected chi connectivity index (χ3v) is 13.0. The van der Waals surface area contributed by atoms with Crippen molar-refractivity contribution >= 4 is 51.7 Å². The molecule has 3 heterocycles. The van der Waals surface area contributed by atoms with E-state index in [-0.39, 0.29) is 10.8 Å². The van der Waals surface area contributed by atoms with Crippen molar-refractivity contribution in [2.75, 3.05) is 21.4 Å². The van der Waals surface area contributed by atoms with E-state index in [1.807, 2.05) is 12.3 Å². The number of fused-ring (bicyclic) bond motifs is 6. The average molecular weight is 811 g/mol. The van der Waals surface area contributed by atoms with Crippen molar-refractivity contribution in [2.24, 2.45) is 0 Å². The van der Waals surface area contributed by atoms with Crippen LogP contribution in [0.4, 0.5) is 39.9 Å². The van der Waals surface area contributed by atoms with Gasteiger partial charge < -0.3 is 9.80 Å². The first-order valence-electron chi connectivity index (χ1n) is 21.2. The average Bonchev–Trinajstić information content (AvgIpc) is 3.61. The van der Waals surface area contributed by atoms with Crippen molar-refractivity contribution in [3.63, 3.8) is 0 Å². The molecule has 0 unspecified atom stereocenters. The molecule has 300 valence electrons. The Balaban J connectivity index is 1.04. The Morgan fingerprint density at radius 2 is 1.05 bits per heavy atom. The molecule has 10 rings (SSSR count). The highest BCUT2D eigenvalue weighted by Crippen LogP contribution is 2.53. The van der Waals surface area contributed by atoms with Crippen LogP contribution >= 0.6 is 11.8 Å². The summed E-state index contributed by atoms with van der Waals surface area (Å²) < 4.78 is 0. The molecule has 0 bridgehead atoms. The third kappa shape index (κ3) is 7.17. The van der Waals surface area contributed by atoms with Crippen LogP contribution in [0, 0.1) is 0 Å². The fraction of sp³-hybridized carbons (Fsp3) is 0.161. The molecule has 2 aliphatic rings. The van der Waals surface area contributed by atoms with Crippen LogP contribution in [0.2, 0.25) is 0 Å². The second-order valence-electron chi connectivity index (χ2n) is 18.2. The number of rotatable bonds is 6. The van der Waals surface area contributed by atoms with Crippen LogP contribution in [0.15, 0.2) is 192 Å². The van der Waals surface area contributed by atoms with Crippen molar-refractivity contribution in [1.82, 2.24) is 4.98 Å². The first-order valence-corrected chi connectivity index (χ1v) is 22.0. The molecule has 0 fully saturated rings. The Labute approximate surface area is 365 Å². The summed E-state index contributed by atoms with van der Waals surface area (Å²) in [7, 11) is 0. The largest absolute Gasteiger partial charge is 0.321 e. The molecule has 0 aliphatic carbocycles. The maximum absolute atomic E-state index is 4.99. The maximum atomic E-state index is 4.99. The summed E-state index contributed by atoms with van der Waals surface area (Å²) in [6.07, 6.45) is 1.89. The molecule has 5 heteroatoms. The van der Waals surface area contributed by atoms with E-state index in [4.69, 9.17) is 4.98 Å². The number of pyridine rings is 1. The van der Waals surface area contributed by atoms with Crippen molar-refractivity contribution < 1.29 is 0 Å². The second-order valence-corrected chi connectivity index (χ2v) is 19.3. The molecule has 7 aromatic carbocycles. The van der Waals surface area contributed by atoms with Crippen LogP contribution in [0.25, 0.3) is 33.4 Å². The minimum Gasteiger partial charge on any atom is -0.321 e. The minimum absolute atomic E-state index is 0.0143. The summed E-state index contributed by atoms with van der Waals surface area (Å²) in [5.74, 6) is 0.882. The first-order chi connectivity index (χ1) is 29.5. The molecule has 0 atom stereocenters. The Morgan fingerprint density at radius 1 is 0.443 bits per heavy atom. The molecule has 61 heavy (non-hydrogen) atoms. The molecule has 1 aromatic heterocycles. The summed E-state index contributed by atoms with van der Waals surface area (Å²) in [5.41, 5.74) is 17.0. The number of hydrogen-bond acceptors (Lipinski definition) is 5. The zero-order valence-electron chi connectivity index (χ0n) is 35.7. The van der Waals surface area contributed by atoms with Gasteiger partial charge >= 0.3 is 0 Å². The fourth-order valence-corrected chi connectivity index (χ4v) is 9.83. The van der Waals surface area contributed by atoms with E-state index in [0.717, 1.165) is 28.8 Å². The Kier molecular flexibility index (Phi) is 9.60. The summed E-state index contributed by atoms with van der Waals surface area (Å²) in [5, 5.41) is 0. The summed E-state index contributed by atoms with van der Waals surface area (Å²) in [4.78, 5) is 14.6. The van der Waals surface area contributed by atoms with Gasteiger partial charge in [0.1, 0.15) is 12.5 Å². The number of anilines is 7. The van der Waals surface area contributed by atoms with E-state index < -0.39 is 0 Å². The van der Waals surface area contributed by atoms with Crippen molar-refractivity contribution in [2.45, 2.75) is 62.2 Å². The molecule has 2 aliphatic heterocycles. The van der Waals surface area contributed by atoms with Gasteiger partial charge in [0.15, 0.2) is 0 Å². The van der Waals surface area contributed by atoms with Crippen LogP contribution in [0.5, 0.6) is 0 Å². The van der Waals surface area contributed by atoms with Crippen molar-refractivity contribution in [3.05, 3.63) is 193 Å². The van der Waals surface area contributed by atoms with Gasteiger partial charge in [0.25, 0.3) is 0 Å². The Bertz CT molecular complexity index is 2900. The standard InChI is InChI=1S/C56H50N4S/c1-55(2,3)40-28-25-38(26-29-40)39-27-31-46-44-18-7-8-19-45(44)47-32-30-43(36-53(47)60(52(46)34-39)54-24-13-14-33-57-54)61-42-17-15-16-41(35-42)58-37-59(51-23-12-11-22-50(51)58)49-21-10-9-20-48(49)56(4,5)6/h7-36H,37H2,1-6H3. The van der Waals surface area contributed by atoms with E-state index in [1.165, 1.54) is 72.2 Å². The van der Waals surface area contributed by atoms with Crippen LogP contribution in [0.3, 0.4) is 0 Å². The molecule has 8 aromatic rings. The lowest BCUT2D eigenvalue weighted by atomic mass is 9.85. The quantitative estimate of drug-likeness (QED) is 0.166. The number of aromatic nitrogens is 1. The van der Waals surface area contributed by atoms with Gasteiger partial charge in [-0.05, 0) is 111 Å². The fourth-order valence-electron chi connectivity index (χ4n) is 8.93. The molecule has 0 saturated heterocycles. The van der Waals surface area contributed by atoms with Gasteiger partial charge in [0.05, 0.1) is 22.7 Å². The molecule has 0 spiro atoms. The first kappa shape index (κ1) is 38.6. The van der Waals surface area contributed by atoms with Crippen LogP contribution < -0.4 is 14.7 Å². The summed E-state index contributed by atoms with van der Waals surface area (Å²) in [6.45, 7) is 14.4. The smallest absolute Gasteiger partial charge is 0.137 e. The van der Waals surface area contributed by atoms with Gasteiger partial charge in [-0.3, -0.25) is 4.90 Å². The molecule has 0 saturated carbocycles.